The van der Waals surface area contributed by atoms with Gasteiger partial charge in [0.15, 0.2) is 0 Å². The van der Waals surface area contributed by atoms with Crippen LogP contribution in [0.25, 0.3) is 0 Å². The zero-order chi connectivity index (χ0) is 9.97. The quantitative estimate of drug-likeness (QED) is 0.726. The number of rotatable bonds is 1. The SMILES string of the molecule is CN[C@@H]1CCN(C)Cc2ccccc21. The molecule has 0 saturated carbocycles. The summed E-state index contributed by atoms with van der Waals surface area (Å²) < 4.78 is 0. The Kier molecular flexibility index (Phi) is 2.85. The summed E-state index contributed by atoms with van der Waals surface area (Å²) in [7, 11) is 4.24. The summed E-state index contributed by atoms with van der Waals surface area (Å²) in [6, 6.07) is 9.27. The Morgan fingerprint density at radius 3 is 2.93 bits per heavy atom. The predicted octanol–water partition coefficient (Wildman–Crippen LogP) is 1.78. The fourth-order valence-corrected chi connectivity index (χ4v) is 2.19. The molecule has 2 nitrogen and oxygen atoms in total. The maximum absolute atomic E-state index is 3.39. The Morgan fingerprint density at radius 2 is 2.14 bits per heavy atom. The Morgan fingerprint density at radius 1 is 1.36 bits per heavy atom. The summed E-state index contributed by atoms with van der Waals surface area (Å²) in [6.07, 6.45) is 1.20. The molecule has 0 aliphatic carbocycles. The predicted molar refractivity (Wildman–Crippen MR) is 59.2 cm³/mol. The molecule has 2 rings (SSSR count). The maximum Gasteiger partial charge on any atom is 0.0332 e. The first kappa shape index (κ1) is 9.69. The van der Waals surface area contributed by atoms with Crippen molar-refractivity contribution in [2.24, 2.45) is 0 Å². The molecular weight excluding hydrogens is 172 g/mol. The van der Waals surface area contributed by atoms with Crippen molar-refractivity contribution in [1.82, 2.24) is 10.2 Å². The molecule has 1 heterocycles. The molecule has 1 atom stereocenters. The van der Waals surface area contributed by atoms with Gasteiger partial charge in [-0.2, -0.15) is 0 Å². The third-order valence-electron chi connectivity index (χ3n) is 3.02. The maximum atomic E-state index is 3.39. The van der Waals surface area contributed by atoms with Crippen LogP contribution in [0.3, 0.4) is 0 Å². The molecule has 1 aromatic carbocycles. The van der Waals surface area contributed by atoms with Crippen LogP contribution in [0.1, 0.15) is 23.6 Å². The number of hydrogen-bond acceptors (Lipinski definition) is 2. The minimum atomic E-state index is 0.524. The number of fused-ring (bicyclic) bond motifs is 1. The second kappa shape index (κ2) is 4.11. The van der Waals surface area contributed by atoms with Crippen molar-refractivity contribution in [2.75, 3.05) is 20.6 Å². The van der Waals surface area contributed by atoms with Gasteiger partial charge in [-0.15, -0.1) is 0 Å². The van der Waals surface area contributed by atoms with Gasteiger partial charge in [0.25, 0.3) is 0 Å². The number of nitrogens with one attached hydrogen (secondary N) is 1. The van der Waals surface area contributed by atoms with Crippen LogP contribution in [0.2, 0.25) is 0 Å². The lowest BCUT2D eigenvalue weighted by molar-refractivity contribution is 0.320. The van der Waals surface area contributed by atoms with Crippen LogP contribution in [0.15, 0.2) is 24.3 Å². The van der Waals surface area contributed by atoms with E-state index in [0.717, 1.165) is 6.54 Å². The monoisotopic (exact) mass is 190 g/mol. The van der Waals surface area contributed by atoms with Gasteiger partial charge in [0.05, 0.1) is 0 Å². The highest BCUT2D eigenvalue weighted by Crippen LogP contribution is 2.25. The van der Waals surface area contributed by atoms with Crippen LogP contribution in [0.5, 0.6) is 0 Å². The zero-order valence-electron chi connectivity index (χ0n) is 8.96. The molecule has 0 fully saturated rings. The number of benzene rings is 1. The van der Waals surface area contributed by atoms with Crippen molar-refractivity contribution in [1.29, 1.82) is 0 Å². The lowest BCUT2D eigenvalue weighted by atomic mass is 10.00. The molecule has 0 unspecified atom stereocenters. The van der Waals surface area contributed by atoms with Crippen molar-refractivity contribution in [3.63, 3.8) is 0 Å². The standard InChI is InChI=1S/C12H18N2/c1-13-12-7-8-14(2)9-10-5-3-4-6-11(10)12/h3-6,12-13H,7-9H2,1-2H3/t12-/m1/s1. The van der Waals surface area contributed by atoms with Gasteiger partial charge in [-0.1, -0.05) is 24.3 Å². The molecule has 14 heavy (non-hydrogen) atoms. The van der Waals surface area contributed by atoms with Crippen LogP contribution >= 0.6 is 0 Å². The van der Waals surface area contributed by atoms with Gasteiger partial charge in [0.1, 0.15) is 0 Å². The molecule has 0 spiro atoms. The summed E-state index contributed by atoms with van der Waals surface area (Å²) in [5.41, 5.74) is 2.94. The molecule has 0 bridgehead atoms. The summed E-state index contributed by atoms with van der Waals surface area (Å²) in [4.78, 5) is 2.39. The van der Waals surface area contributed by atoms with Crippen molar-refractivity contribution >= 4 is 0 Å². The Bertz CT molecular complexity index is 309. The molecule has 0 radical (unpaired) electrons. The lowest BCUT2D eigenvalue weighted by Gasteiger charge is -2.15. The first-order chi connectivity index (χ1) is 6.81. The average Bonchev–Trinajstić information content (AvgIpc) is 2.36. The van der Waals surface area contributed by atoms with E-state index in [1.165, 1.54) is 24.1 Å². The van der Waals surface area contributed by atoms with E-state index in [-0.39, 0.29) is 0 Å². The van der Waals surface area contributed by atoms with Gasteiger partial charge in [-0.05, 0) is 38.2 Å². The van der Waals surface area contributed by atoms with Crippen LogP contribution in [-0.4, -0.2) is 25.5 Å². The molecule has 1 aliphatic heterocycles. The summed E-state index contributed by atoms with van der Waals surface area (Å²) in [6.45, 7) is 2.24. The van der Waals surface area contributed by atoms with Gasteiger partial charge in [-0.3, -0.25) is 0 Å². The highest BCUT2D eigenvalue weighted by Gasteiger charge is 2.18. The topological polar surface area (TPSA) is 15.3 Å². The molecule has 1 N–H and O–H groups in total. The number of nitrogens with zero attached hydrogens (tertiary/aromatic N) is 1. The Balaban J connectivity index is 2.36. The van der Waals surface area contributed by atoms with Crippen LogP contribution in [0.4, 0.5) is 0 Å². The fraction of sp³-hybridized carbons (Fsp3) is 0.500. The van der Waals surface area contributed by atoms with Crippen LogP contribution in [0, 0.1) is 0 Å². The summed E-state index contributed by atoms with van der Waals surface area (Å²) >= 11 is 0. The summed E-state index contributed by atoms with van der Waals surface area (Å²) in [5.74, 6) is 0. The molecule has 2 heteroatoms. The van der Waals surface area contributed by atoms with Crippen LogP contribution < -0.4 is 5.32 Å². The van der Waals surface area contributed by atoms with Crippen molar-refractivity contribution < 1.29 is 0 Å². The molecule has 1 aromatic rings. The Hall–Kier alpha value is -0.860. The smallest absolute Gasteiger partial charge is 0.0332 e. The first-order valence-electron chi connectivity index (χ1n) is 5.25. The zero-order valence-corrected chi connectivity index (χ0v) is 8.96. The van der Waals surface area contributed by atoms with Crippen molar-refractivity contribution in [2.45, 2.75) is 19.0 Å². The molecular formula is C12H18N2. The van der Waals surface area contributed by atoms with E-state index in [4.69, 9.17) is 0 Å². The highest BCUT2D eigenvalue weighted by atomic mass is 15.1. The minimum absolute atomic E-state index is 0.524. The summed E-state index contributed by atoms with van der Waals surface area (Å²) in [5, 5.41) is 3.39. The molecule has 0 saturated heterocycles. The highest BCUT2D eigenvalue weighted by molar-refractivity contribution is 5.30. The van der Waals surface area contributed by atoms with Gasteiger partial charge < -0.3 is 10.2 Å². The van der Waals surface area contributed by atoms with E-state index >= 15 is 0 Å². The second-order valence-corrected chi connectivity index (χ2v) is 4.07. The largest absolute Gasteiger partial charge is 0.313 e. The van der Waals surface area contributed by atoms with Gasteiger partial charge in [0, 0.05) is 12.6 Å². The minimum Gasteiger partial charge on any atom is -0.313 e. The van der Waals surface area contributed by atoms with Gasteiger partial charge in [0.2, 0.25) is 0 Å². The third kappa shape index (κ3) is 1.81. The molecule has 0 amide bonds. The first-order valence-corrected chi connectivity index (χ1v) is 5.25. The van der Waals surface area contributed by atoms with E-state index in [9.17, 15) is 0 Å². The molecule has 1 aliphatic rings. The van der Waals surface area contributed by atoms with E-state index < -0.39 is 0 Å². The lowest BCUT2D eigenvalue weighted by Crippen LogP contribution is -2.20. The second-order valence-electron chi connectivity index (χ2n) is 4.07. The van der Waals surface area contributed by atoms with Crippen molar-refractivity contribution in [3.05, 3.63) is 35.4 Å². The fourth-order valence-electron chi connectivity index (χ4n) is 2.19. The van der Waals surface area contributed by atoms with Gasteiger partial charge in [-0.25, -0.2) is 0 Å². The van der Waals surface area contributed by atoms with E-state index in [2.05, 4.69) is 41.5 Å². The van der Waals surface area contributed by atoms with Crippen molar-refractivity contribution in [3.8, 4) is 0 Å². The van der Waals surface area contributed by atoms with E-state index in [1.807, 2.05) is 7.05 Å². The van der Waals surface area contributed by atoms with Gasteiger partial charge >= 0.3 is 0 Å². The third-order valence-corrected chi connectivity index (χ3v) is 3.02. The number of hydrogen-bond donors (Lipinski definition) is 1. The van der Waals surface area contributed by atoms with E-state index in [1.54, 1.807) is 0 Å². The van der Waals surface area contributed by atoms with E-state index in [0.29, 0.717) is 6.04 Å². The van der Waals surface area contributed by atoms with Crippen LogP contribution in [-0.2, 0) is 6.54 Å². The molecule has 0 aromatic heterocycles. The Labute approximate surface area is 85.9 Å². The molecule has 76 valence electrons. The normalized spacial score (nSPS) is 22.9. The average molecular weight is 190 g/mol.